The summed E-state index contributed by atoms with van der Waals surface area (Å²) in [5, 5.41) is 3.45. The Balaban J connectivity index is 2.23. The minimum absolute atomic E-state index is 0.531. The molecule has 1 unspecified atom stereocenters. The third-order valence-corrected chi connectivity index (χ3v) is 2.64. The Morgan fingerprint density at radius 3 is 2.75 bits per heavy atom. The van der Waals surface area contributed by atoms with Gasteiger partial charge in [0.15, 0.2) is 0 Å². The predicted octanol–water partition coefficient (Wildman–Crippen LogP) is 3.15. The summed E-state index contributed by atoms with van der Waals surface area (Å²) in [6.45, 7) is 8.34. The summed E-state index contributed by atoms with van der Waals surface area (Å²) >= 11 is 0. The van der Waals surface area contributed by atoms with Gasteiger partial charge >= 0.3 is 0 Å². The average Bonchev–Trinajstić information content (AvgIpc) is 2.29. The van der Waals surface area contributed by atoms with Gasteiger partial charge in [-0.05, 0) is 44.9 Å². The van der Waals surface area contributed by atoms with Crippen LogP contribution < -0.4 is 10.1 Å². The third-order valence-electron chi connectivity index (χ3n) is 2.64. The molecule has 0 aromatic heterocycles. The number of hydrogen-bond donors (Lipinski definition) is 1. The Kier molecular flexibility index (Phi) is 5.94. The molecule has 1 aromatic carbocycles. The number of benzene rings is 1. The van der Waals surface area contributed by atoms with Gasteiger partial charge in [0.25, 0.3) is 0 Å². The first-order chi connectivity index (χ1) is 7.74. The van der Waals surface area contributed by atoms with E-state index >= 15 is 0 Å². The standard InChI is InChI=1S/C14H23NO/c1-4-10-15-13(3)9-11-16-14-8-6-5-7-12(14)2/h5-8,13,15H,4,9-11H2,1-3H3. The Morgan fingerprint density at radius 2 is 2.06 bits per heavy atom. The third kappa shape index (κ3) is 4.67. The Hall–Kier alpha value is -1.02. The van der Waals surface area contributed by atoms with E-state index in [9.17, 15) is 0 Å². The molecule has 0 heterocycles. The van der Waals surface area contributed by atoms with E-state index < -0.39 is 0 Å². The molecule has 0 aliphatic carbocycles. The number of hydrogen-bond acceptors (Lipinski definition) is 2. The van der Waals surface area contributed by atoms with Gasteiger partial charge in [0.1, 0.15) is 5.75 Å². The number of rotatable bonds is 7. The summed E-state index contributed by atoms with van der Waals surface area (Å²) in [6, 6.07) is 8.69. The number of ether oxygens (including phenoxy) is 1. The molecule has 2 nitrogen and oxygen atoms in total. The molecule has 0 aliphatic heterocycles. The van der Waals surface area contributed by atoms with Crippen LogP contribution in [0.2, 0.25) is 0 Å². The summed E-state index contributed by atoms with van der Waals surface area (Å²) in [4.78, 5) is 0. The molecule has 0 saturated carbocycles. The maximum Gasteiger partial charge on any atom is 0.122 e. The fraction of sp³-hybridized carbons (Fsp3) is 0.571. The molecule has 0 aliphatic rings. The van der Waals surface area contributed by atoms with Crippen molar-refractivity contribution >= 4 is 0 Å². The highest BCUT2D eigenvalue weighted by molar-refractivity contribution is 5.31. The zero-order valence-electron chi connectivity index (χ0n) is 10.6. The van der Waals surface area contributed by atoms with Gasteiger partial charge < -0.3 is 10.1 Å². The van der Waals surface area contributed by atoms with E-state index in [1.54, 1.807) is 0 Å². The normalized spacial score (nSPS) is 12.4. The van der Waals surface area contributed by atoms with Crippen molar-refractivity contribution in [1.82, 2.24) is 5.32 Å². The molecular weight excluding hydrogens is 198 g/mol. The van der Waals surface area contributed by atoms with Crippen LogP contribution in [0, 0.1) is 6.92 Å². The van der Waals surface area contributed by atoms with Crippen molar-refractivity contribution in [3.05, 3.63) is 29.8 Å². The molecule has 0 saturated heterocycles. The van der Waals surface area contributed by atoms with Crippen LogP contribution in [-0.4, -0.2) is 19.2 Å². The Morgan fingerprint density at radius 1 is 1.31 bits per heavy atom. The second-order valence-corrected chi connectivity index (χ2v) is 4.26. The van der Waals surface area contributed by atoms with Gasteiger partial charge in [-0.15, -0.1) is 0 Å². The second-order valence-electron chi connectivity index (χ2n) is 4.26. The fourth-order valence-corrected chi connectivity index (χ4v) is 1.56. The van der Waals surface area contributed by atoms with Crippen LogP contribution in [0.15, 0.2) is 24.3 Å². The maximum atomic E-state index is 5.75. The zero-order valence-corrected chi connectivity index (χ0v) is 10.6. The van der Waals surface area contributed by atoms with Gasteiger partial charge in [-0.3, -0.25) is 0 Å². The van der Waals surface area contributed by atoms with Gasteiger partial charge in [-0.1, -0.05) is 25.1 Å². The van der Waals surface area contributed by atoms with Crippen LogP contribution in [-0.2, 0) is 0 Å². The van der Waals surface area contributed by atoms with E-state index in [4.69, 9.17) is 4.74 Å². The van der Waals surface area contributed by atoms with Crippen molar-refractivity contribution < 1.29 is 4.74 Å². The highest BCUT2D eigenvalue weighted by atomic mass is 16.5. The van der Waals surface area contributed by atoms with Crippen LogP contribution in [0.4, 0.5) is 0 Å². The van der Waals surface area contributed by atoms with Crippen molar-refractivity contribution in [3.63, 3.8) is 0 Å². The fourth-order valence-electron chi connectivity index (χ4n) is 1.56. The molecule has 0 amide bonds. The first kappa shape index (κ1) is 13.0. The lowest BCUT2D eigenvalue weighted by molar-refractivity contribution is 0.288. The van der Waals surface area contributed by atoms with Crippen molar-refractivity contribution in [3.8, 4) is 5.75 Å². The Bertz CT molecular complexity index is 299. The van der Waals surface area contributed by atoms with Gasteiger partial charge in [0, 0.05) is 6.04 Å². The lowest BCUT2D eigenvalue weighted by Gasteiger charge is -2.14. The number of para-hydroxylation sites is 1. The van der Waals surface area contributed by atoms with E-state index in [2.05, 4.69) is 32.2 Å². The van der Waals surface area contributed by atoms with Crippen LogP contribution >= 0.6 is 0 Å². The average molecular weight is 221 g/mol. The monoisotopic (exact) mass is 221 g/mol. The highest BCUT2D eigenvalue weighted by Gasteiger charge is 2.02. The second kappa shape index (κ2) is 7.29. The summed E-state index contributed by atoms with van der Waals surface area (Å²) in [6.07, 6.45) is 2.23. The number of nitrogens with one attached hydrogen (secondary N) is 1. The molecule has 1 aromatic rings. The molecule has 16 heavy (non-hydrogen) atoms. The smallest absolute Gasteiger partial charge is 0.122 e. The molecule has 1 rings (SSSR count). The van der Waals surface area contributed by atoms with Crippen molar-refractivity contribution in [1.29, 1.82) is 0 Å². The zero-order chi connectivity index (χ0) is 11.8. The molecule has 0 spiro atoms. The van der Waals surface area contributed by atoms with Gasteiger partial charge in [0.05, 0.1) is 6.61 Å². The van der Waals surface area contributed by atoms with Crippen molar-refractivity contribution in [2.24, 2.45) is 0 Å². The van der Waals surface area contributed by atoms with Gasteiger partial charge in [-0.25, -0.2) is 0 Å². The van der Waals surface area contributed by atoms with E-state index in [1.165, 1.54) is 12.0 Å². The molecule has 90 valence electrons. The first-order valence-electron chi connectivity index (χ1n) is 6.16. The summed E-state index contributed by atoms with van der Waals surface area (Å²) in [5.41, 5.74) is 1.21. The molecule has 2 heteroatoms. The minimum Gasteiger partial charge on any atom is -0.493 e. The van der Waals surface area contributed by atoms with Gasteiger partial charge in [-0.2, -0.15) is 0 Å². The quantitative estimate of drug-likeness (QED) is 0.763. The van der Waals surface area contributed by atoms with E-state index in [0.29, 0.717) is 6.04 Å². The van der Waals surface area contributed by atoms with E-state index in [0.717, 1.165) is 25.3 Å². The van der Waals surface area contributed by atoms with Crippen LogP contribution in [0.1, 0.15) is 32.3 Å². The predicted molar refractivity (Wildman–Crippen MR) is 69.0 cm³/mol. The van der Waals surface area contributed by atoms with Gasteiger partial charge in [0.2, 0.25) is 0 Å². The highest BCUT2D eigenvalue weighted by Crippen LogP contribution is 2.16. The first-order valence-corrected chi connectivity index (χ1v) is 6.16. The lowest BCUT2D eigenvalue weighted by Crippen LogP contribution is -2.28. The van der Waals surface area contributed by atoms with E-state index in [-0.39, 0.29) is 0 Å². The largest absolute Gasteiger partial charge is 0.493 e. The molecule has 1 N–H and O–H groups in total. The van der Waals surface area contributed by atoms with E-state index in [1.807, 2.05) is 18.2 Å². The van der Waals surface area contributed by atoms with Crippen LogP contribution in [0.5, 0.6) is 5.75 Å². The van der Waals surface area contributed by atoms with Crippen molar-refractivity contribution in [2.75, 3.05) is 13.2 Å². The molecule has 0 radical (unpaired) electrons. The topological polar surface area (TPSA) is 21.3 Å². The minimum atomic E-state index is 0.531. The summed E-state index contributed by atoms with van der Waals surface area (Å²) in [7, 11) is 0. The maximum absolute atomic E-state index is 5.75. The summed E-state index contributed by atoms with van der Waals surface area (Å²) in [5.74, 6) is 1.00. The Labute approximate surface area is 99.0 Å². The summed E-state index contributed by atoms with van der Waals surface area (Å²) < 4.78 is 5.75. The SMILES string of the molecule is CCCNC(C)CCOc1ccccc1C. The number of aryl methyl sites for hydroxylation is 1. The molecule has 0 fully saturated rings. The lowest BCUT2D eigenvalue weighted by atomic mass is 10.2. The molecule has 1 atom stereocenters. The van der Waals surface area contributed by atoms with Crippen LogP contribution in [0.3, 0.4) is 0 Å². The van der Waals surface area contributed by atoms with Crippen LogP contribution in [0.25, 0.3) is 0 Å². The van der Waals surface area contributed by atoms with Crippen molar-refractivity contribution in [2.45, 2.75) is 39.7 Å². The molecule has 0 bridgehead atoms. The molecular formula is C14H23NO.